The zero-order chi connectivity index (χ0) is 15.0. The van der Waals surface area contributed by atoms with Gasteiger partial charge in [-0.2, -0.15) is 0 Å². The van der Waals surface area contributed by atoms with Crippen molar-refractivity contribution >= 4 is 44.6 Å². The number of carbonyl (C=O) groups is 1. The topological polar surface area (TPSA) is 55.6 Å². The quantitative estimate of drug-likeness (QED) is 0.921. The summed E-state index contributed by atoms with van der Waals surface area (Å²) in [5.41, 5.74) is 6.68. The predicted molar refractivity (Wildman–Crippen MR) is 87.2 cm³/mol. The number of anilines is 1. The van der Waals surface area contributed by atoms with Crippen LogP contribution in [-0.4, -0.2) is 37.1 Å². The van der Waals surface area contributed by atoms with E-state index in [2.05, 4.69) is 0 Å². The number of thiophene rings is 1. The second kappa shape index (κ2) is 5.83. The Balaban J connectivity index is 1.92. The Hall–Kier alpha value is -1.30. The van der Waals surface area contributed by atoms with Crippen LogP contribution in [0, 0.1) is 0 Å². The Morgan fingerprint density at radius 1 is 1.43 bits per heavy atom. The van der Waals surface area contributed by atoms with Crippen LogP contribution in [0.5, 0.6) is 0 Å². The summed E-state index contributed by atoms with van der Waals surface area (Å²) in [6, 6.07) is 5.76. The molecule has 1 aromatic heterocycles. The van der Waals surface area contributed by atoms with E-state index >= 15 is 0 Å². The first-order valence-electron chi connectivity index (χ1n) is 6.90. The average molecular weight is 325 g/mol. The third-order valence-corrected chi connectivity index (χ3v) is 5.35. The van der Waals surface area contributed by atoms with Gasteiger partial charge in [0, 0.05) is 41.4 Å². The Morgan fingerprint density at radius 2 is 2.14 bits per heavy atom. The molecular formula is C15H17ClN2O2S. The molecule has 0 bridgehead atoms. The fraction of sp³-hybridized carbons (Fsp3) is 0.400. The van der Waals surface area contributed by atoms with Gasteiger partial charge in [0.2, 0.25) is 0 Å². The highest BCUT2D eigenvalue weighted by molar-refractivity contribution is 7.21. The van der Waals surface area contributed by atoms with Crippen LogP contribution in [0.1, 0.15) is 22.5 Å². The number of hydrogen-bond donors (Lipinski definition) is 1. The first-order chi connectivity index (χ1) is 10.1. The molecule has 21 heavy (non-hydrogen) atoms. The summed E-state index contributed by atoms with van der Waals surface area (Å²) in [5, 5.41) is 1.49. The molecule has 2 aromatic rings. The molecule has 0 spiro atoms. The zero-order valence-corrected chi connectivity index (χ0v) is 13.3. The second-order valence-corrected chi connectivity index (χ2v) is 6.73. The molecule has 0 atom stereocenters. The van der Waals surface area contributed by atoms with Crippen molar-refractivity contribution in [3.8, 4) is 0 Å². The van der Waals surface area contributed by atoms with E-state index in [1.54, 1.807) is 4.90 Å². The van der Waals surface area contributed by atoms with Gasteiger partial charge in [0.25, 0.3) is 5.91 Å². The summed E-state index contributed by atoms with van der Waals surface area (Å²) in [7, 11) is 1.84. The lowest BCUT2D eigenvalue weighted by Gasteiger charge is -2.31. The van der Waals surface area contributed by atoms with E-state index in [4.69, 9.17) is 22.1 Å². The highest BCUT2D eigenvalue weighted by atomic mass is 35.5. The first kappa shape index (κ1) is 14.6. The third-order valence-electron chi connectivity index (χ3n) is 3.94. The molecular weight excluding hydrogens is 308 g/mol. The van der Waals surface area contributed by atoms with Crippen molar-refractivity contribution in [1.29, 1.82) is 0 Å². The van der Waals surface area contributed by atoms with Crippen molar-refractivity contribution in [2.75, 3.05) is 26.0 Å². The molecule has 112 valence electrons. The number of nitrogens with two attached hydrogens (primary N) is 1. The van der Waals surface area contributed by atoms with Gasteiger partial charge < -0.3 is 15.4 Å². The number of amides is 1. The molecule has 1 fully saturated rings. The van der Waals surface area contributed by atoms with E-state index in [0.717, 1.165) is 22.9 Å². The molecule has 1 aromatic carbocycles. The van der Waals surface area contributed by atoms with Crippen molar-refractivity contribution < 1.29 is 9.53 Å². The lowest BCUT2D eigenvalue weighted by atomic mass is 10.1. The number of benzene rings is 1. The minimum atomic E-state index is -0.0169. The second-order valence-electron chi connectivity index (χ2n) is 5.24. The summed E-state index contributed by atoms with van der Waals surface area (Å²) >= 11 is 7.43. The number of carbonyl (C=O) groups excluding carboxylic acids is 1. The van der Waals surface area contributed by atoms with Gasteiger partial charge in [-0.05, 0) is 31.0 Å². The largest absolute Gasteiger partial charge is 0.397 e. The number of nitrogens with zero attached hydrogens (tertiary/aromatic N) is 1. The molecule has 1 aliphatic heterocycles. The summed E-state index contributed by atoms with van der Waals surface area (Å²) in [5.74, 6) is -0.0169. The molecule has 0 aliphatic carbocycles. The van der Waals surface area contributed by atoms with Crippen LogP contribution in [0.2, 0.25) is 5.02 Å². The van der Waals surface area contributed by atoms with Gasteiger partial charge in [-0.15, -0.1) is 11.3 Å². The average Bonchev–Trinajstić information content (AvgIpc) is 2.83. The molecule has 1 aliphatic rings. The van der Waals surface area contributed by atoms with Gasteiger partial charge in [0.05, 0.1) is 5.69 Å². The Labute approximate surface area is 132 Å². The number of nitrogen functional groups attached to an aromatic ring is 1. The van der Waals surface area contributed by atoms with Gasteiger partial charge in [-0.3, -0.25) is 4.79 Å². The smallest absolute Gasteiger partial charge is 0.266 e. The summed E-state index contributed by atoms with van der Waals surface area (Å²) < 4.78 is 6.33. The van der Waals surface area contributed by atoms with E-state index in [1.165, 1.54) is 11.3 Å². The van der Waals surface area contributed by atoms with Crippen molar-refractivity contribution in [2.45, 2.75) is 18.9 Å². The minimum absolute atomic E-state index is 0.0169. The van der Waals surface area contributed by atoms with Gasteiger partial charge in [-0.1, -0.05) is 11.6 Å². The maximum atomic E-state index is 12.7. The number of halogens is 1. The van der Waals surface area contributed by atoms with Gasteiger partial charge >= 0.3 is 0 Å². The molecule has 1 saturated heterocycles. The Bertz CT molecular complexity index is 680. The van der Waals surface area contributed by atoms with E-state index in [-0.39, 0.29) is 11.9 Å². The van der Waals surface area contributed by atoms with Gasteiger partial charge in [0.1, 0.15) is 4.88 Å². The van der Waals surface area contributed by atoms with Crippen molar-refractivity contribution in [3.63, 3.8) is 0 Å². The van der Waals surface area contributed by atoms with Crippen molar-refractivity contribution in [2.24, 2.45) is 0 Å². The molecule has 0 radical (unpaired) electrons. The SMILES string of the molecule is CN(C(=O)c1sc2ccc(Cl)cc2c1N)C1CCOCC1. The van der Waals surface area contributed by atoms with Crippen LogP contribution in [0.3, 0.4) is 0 Å². The Kier molecular flexibility index (Phi) is 4.06. The summed E-state index contributed by atoms with van der Waals surface area (Å²) in [4.78, 5) is 15.1. The molecule has 6 heteroatoms. The van der Waals surface area contributed by atoms with E-state index in [0.29, 0.717) is 28.8 Å². The monoisotopic (exact) mass is 324 g/mol. The third kappa shape index (κ3) is 2.73. The molecule has 0 saturated carbocycles. The zero-order valence-electron chi connectivity index (χ0n) is 11.8. The molecule has 0 unspecified atom stereocenters. The fourth-order valence-electron chi connectivity index (χ4n) is 2.65. The van der Waals surface area contributed by atoms with E-state index in [9.17, 15) is 4.79 Å². The van der Waals surface area contributed by atoms with Crippen LogP contribution < -0.4 is 5.73 Å². The lowest BCUT2D eigenvalue weighted by molar-refractivity contribution is 0.0365. The first-order valence-corrected chi connectivity index (χ1v) is 8.10. The van der Waals surface area contributed by atoms with Crippen LogP contribution in [0.15, 0.2) is 18.2 Å². The van der Waals surface area contributed by atoms with Crippen LogP contribution in [0.4, 0.5) is 5.69 Å². The maximum Gasteiger partial charge on any atom is 0.266 e. The van der Waals surface area contributed by atoms with E-state index < -0.39 is 0 Å². The lowest BCUT2D eigenvalue weighted by Crippen LogP contribution is -2.40. The Morgan fingerprint density at radius 3 is 2.86 bits per heavy atom. The minimum Gasteiger partial charge on any atom is -0.397 e. The van der Waals surface area contributed by atoms with Crippen LogP contribution in [0.25, 0.3) is 10.1 Å². The van der Waals surface area contributed by atoms with Gasteiger partial charge in [-0.25, -0.2) is 0 Å². The van der Waals surface area contributed by atoms with Crippen LogP contribution >= 0.6 is 22.9 Å². The molecule has 3 rings (SSSR count). The maximum absolute atomic E-state index is 12.7. The van der Waals surface area contributed by atoms with Gasteiger partial charge in [0.15, 0.2) is 0 Å². The summed E-state index contributed by atoms with van der Waals surface area (Å²) in [6.07, 6.45) is 1.75. The van der Waals surface area contributed by atoms with Crippen molar-refractivity contribution in [1.82, 2.24) is 4.90 Å². The molecule has 2 heterocycles. The summed E-state index contributed by atoms with van der Waals surface area (Å²) in [6.45, 7) is 1.42. The number of hydrogen-bond acceptors (Lipinski definition) is 4. The highest BCUT2D eigenvalue weighted by Crippen LogP contribution is 2.36. The number of fused-ring (bicyclic) bond motifs is 1. The predicted octanol–water partition coefficient (Wildman–Crippen LogP) is 3.39. The van der Waals surface area contributed by atoms with E-state index in [1.807, 2.05) is 25.2 Å². The number of rotatable bonds is 2. The molecule has 2 N–H and O–H groups in total. The number of ether oxygens (including phenoxy) is 1. The van der Waals surface area contributed by atoms with Crippen molar-refractivity contribution in [3.05, 3.63) is 28.1 Å². The fourth-order valence-corrected chi connectivity index (χ4v) is 3.90. The molecule has 4 nitrogen and oxygen atoms in total. The van der Waals surface area contributed by atoms with Crippen LogP contribution in [-0.2, 0) is 4.74 Å². The standard InChI is InChI=1S/C15H17ClN2O2S/c1-18(10-4-6-20-7-5-10)15(19)14-13(17)11-8-9(16)2-3-12(11)21-14/h2-3,8,10H,4-7,17H2,1H3. The molecule has 1 amide bonds. The normalized spacial score (nSPS) is 16.3. The highest BCUT2D eigenvalue weighted by Gasteiger charge is 2.26.